The summed E-state index contributed by atoms with van der Waals surface area (Å²) >= 11 is 0. The summed E-state index contributed by atoms with van der Waals surface area (Å²) in [7, 11) is 1.87. The number of rotatable bonds is 5. The monoisotopic (exact) mass is 460 g/mol. The lowest BCUT2D eigenvalue weighted by molar-refractivity contribution is -0.132. The first-order valence-electron chi connectivity index (χ1n) is 9.04. The van der Waals surface area contributed by atoms with Gasteiger partial charge in [-0.1, -0.05) is 12.8 Å². The fourth-order valence-electron chi connectivity index (χ4n) is 3.45. The van der Waals surface area contributed by atoms with E-state index in [4.69, 9.17) is 9.41 Å². The molecular weight excluding hydrogens is 431 g/mol. The third kappa shape index (κ3) is 6.20. The average Bonchev–Trinajstić information content (AvgIpc) is 3.24. The van der Waals surface area contributed by atoms with Crippen LogP contribution in [0.1, 0.15) is 44.3 Å². The summed E-state index contributed by atoms with van der Waals surface area (Å²) in [6, 6.07) is 4.67. The number of likely N-dealkylation sites (N-methyl/N-ethyl adjacent to an activating group) is 1. The number of guanidine groups is 1. The number of halogens is 1. The minimum atomic E-state index is 0. The number of hydrogen-bond donors (Lipinski definition) is 2. The Kier molecular flexibility index (Phi) is 8.05. The van der Waals surface area contributed by atoms with Crippen LogP contribution in [0.4, 0.5) is 0 Å². The van der Waals surface area contributed by atoms with E-state index in [9.17, 15) is 4.79 Å². The number of carbonyl (C=O) groups excluding carboxylic acids is 1. The van der Waals surface area contributed by atoms with E-state index >= 15 is 0 Å². The van der Waals surface area contributed by atoms with E-state index < -0.39 is 0 Å². The number of hydrogen-bond acceptors (Lipinski definition) is 3. The van der Waals surface area contributed by atoms with Gasteiger partial charge in [0.15, 0.2) is 5.96 Å². The summed E-state index contributed by atoms with van der Waals surface area (Å²) in [5.41, 5.74) is 0. The fraction of sp³-hybridized carbons (Fsp3) is 0.667. The van der Waals surface area contributed by atoms with Crippen molar-refractivity contribution in [3.8, 4) is 0 Å². The number of furan rings is 1. The van der Waals surface area contributed by atoms with Gasteiger partial charge in [-0.2, -0.15) is 0 Å². The predicted octanol–water partition coefficient (Wildman–Crippen LogP) is 2.54. The van der Waals surface area contributed by atoms with Gasteiger partial charge in [0.1, 0.15) is 5.76 Å². The molecule has 1 saturated carbocycles. The highest BCUT2D eigenvalue weighted by atomic mass is 127. The van der Waals surface area contributed by atoms with E-state index in [1.807, 2.05) is 19.2 Å². The molecule has 0 spiro atoms. The predicted molar refractivity (Wildman–Crippen MR) is 109 cm³/mol. The van der Waals surface area contributed by atoms with E-state index in [-0.39, 0.29) is 35.9 Å². The van der Waals surface area contributed by atoms with E-state index in [1.165, 1.54) is 25.7 Å². The van der Waals surface area contributed by atoms with Crippen LogP contribution in [0.2, 0.25) is 0 Å². The molecule has 1 atom stereocenters. The lowest BCUT2D eigenvalue weighted by Crippen LogP contribution is -2.53. The molecule has 0 bridgehead atoms. The maximum Gasteiger partial charge on any atom is 0.222 e. The Morgan fingerprint density at radius 3 is 2.72 bits per heavy atom. The first kappa shape index (κ1) is 20.1. The largest absolute Gasteiger partial charge is 0.469 e. The maximum atomic E-state index is 11.6. The summed E-state index contributed by atoms with van der Waals surface area (Å²) < 4.78 is 5.37. The molecule has 6 nitrogen and oxygen atoms in total. The van der Waals surface area contributed by atoms with Crippen LogP contribution in [0, 0.1) is 0 Å². The van der Waals surface area contributed by atoms with E-state index in [0.29, 0.717) is 19.0 Å². The van der Waals surface area contributed by atoms with Crippen LogP contribution in [0.5, 0.6) is 0 Å². The van der Waals surface area contributed by atoms with Crippen molar-refractivity contribution in [3.05, 3.63) is 24.2 Å². The van der Waals surface area contributed by atoms with Gasteiger partial charge >= 0.3 is 0 Å². The zero-order valence-corrected chi connectivity index (χ0v) is 17.2. The molecule has 1 amide bonds. The number of nitrogens with zero attached hydrogens (tertiary/aromatic N) is 2. The first-order chi connectivity index (χ1) is 11.7. The topological polar surface area (TPSA) is 69.9 Å². The highest BCUT2D eigenvalue weighted by Gasteiger charge is 2.24. The maximum absolute atomic E-state index is 11.6. The number of aliphatic imine (C=N–C) groups is 1. The second kappa shape index (κ2) is 10.0. The van der Waals surface area contributed by atoms with Crippen molar-refractivity contribution in [1.82, 2.24) is 15.5 Å². The first-order valence-corrected chi connectivity index (χ1v) is 9.04. The van der Waals surface area contributed by atoms with Crippen LogP contribution in [-0.4, -0.2) is 49.0 Å². The normalized spacial score (nSPS) is 22.0. The Morgan fingerprint density at radius 2 is 2.04 bits per heavy atom. The molecule has 7 heteroatoms. The van der Waals surface area contributed by atoms with Crippen LogP contribution in [0.15, 0.2) is 27.8 Å². The van der Waals surface area contributed by atoms with Crippen LogP contribution in [0.25, 0.3) is 0 Å². The SMILES string of the molecule is CN1CC(NC(=NCCc2ccco2)NC2CCCC2)CCC1=O.I. The van der Waals surface area contributed by atoms with Gasteiger partial charge in [-0.25, -0.2) is 0 Å². The lowest BCUT2D eigenvalue weighted by atomic mass is 10.1. The fourth-order valence-corrected chi connectivity index (χ4v) is 3.45. The summed E-state index contributed by atoms with van der Waals surface area (Å²) in [6.45, 7) is 1.43. The minimum Gasteiger partial charge on any atom is -0.469 e. The number of amides is 1. The molecule has 1 aliphatic carbocycles. The average molecular weight is 460 g/mol. The zero-order valence-electron chi connectivity index (χ0n) is 14.9. The van der Waals surface area contributed by atoms with Crippen molar-refractivity contribution in [2.75, 3.05) is 20.1 Å². The molecule has 25 heavy (non-hydrogen) atoms. The second-order valence-corrected chi connectivity index (χ2v) is 6.84. The molecule has 2 aliphatic rings. The lowest BCUT2D eigenvalue weighted by Gasteiger charge is -2.31. The van der Waals surface area contributed by atoms with Crippen molar-refractivity contribution in [2.45, 2.75) is 57.0 Å². The minimum absolute atomic E-state index is 0. The van der Waals surface area contributed by atoms with Crippen molar-refractivity contribution >= 4 is 35.8 Å². The standard InChI is InChI=1S/C18H28N4O2.HI/c1-22-13-15(8-9-17(22)23)21-18(20-14-5-2-3-6-14)19-11-10-16-7-4-12-24-16;/h4,7,12,14-15H,2-3,5-6,8-11,13H2,1H3,(H2,19,20,21);1H. The highest BCUT2D eigenvalue weighted by molar-refractivity contribution is 14.0. The molecule has 2 N–H and O–H groups in total. The summed E-state index contributed by atoms with van der Waals surface area (Å²) in [6.07, 6.45) is 8.97. The molecule has 1 aromatic heterocycles. The highest BCUT2D eigenvalue weighted by Crippen LogP contribution is 2.17. The van der Waals surface area contributed by atoms with Crippen LogP contribution < -0.4 is 10.6 Å². The molecular formula is C18H29IN4O2. The van der Waals surface area contributed by atoms with Gasteiger partial charge in [0.2, 0.25) is 5.91 Å². The molecule has 140 valence electrons. The molecule has 1 aliphatic heterocycles. The van der Waals surface area contributed by atoms with Gasteiger partial charge in [0.25, 0.3) is 0 Å². The summed E-state index contributed by atoms with van der Waals surface area (Å²) in [4.78, 5) is 18.2. The van der Waals surface area contributed by atoms with Crippen molar-refractivity contribution < 1.29 is 9.21 Å². The molecule has 2 heterocycles. The van der Waals surface area contributed by atoms with Crippen LogP contribution in [-0.2, 0) is 11.2 Å². The van der Waals surface area contributed by atoms with Crippen molar-refractivity contribution in [2.24, 2.45) is 4.99 Å². The van der Waals surface area contributed by atoms with Crippen molar-refractivity contribution in [1.29, 1.82) is 0 Å². The van der Waals surface area contributed by atoms with E-state index in [1.54, 1.807) is 11.2 Å². The number of likely N-dealkylation sites (tertiary alicyclic amines) is 1. The summed E-state index contributed by atoms with van der Waals surface area (Å²) in [5, 5.41) is 7.10. The molecule has 1 saturated heterocycles. The molecule has 0 radical (unpaired) electrons. The number of nitrogens with one attached hydrogen (secondary N) is 2. The van der Waals surface area contributed by atoms with Gasteiger partial charge in [0.05, 0.1) is 6.26 Å². The Morgan fingerprint density at radius 1 is 1.28 bits per heavy atom. The van der Waals surface area contributed by atoms with E-state index in [0.717, 1.165) is 31.1 Å². The Labute approximate surface area is 166 Å². The smallest absolute Gasteiger partial charge is 0.222 e. The Balaban J connectivity index is 0.00000225. The van der Waals surface area contributed by atoms with Gasteiger partial charge in [-0.15, -0.1) is 24.0 Å². The van der Waals surface area contributed by atoms with Gasteiger partial charge in [-0.05, 0) is 31.4 Å². The number of piperidine rings is 1. The van der Waals surface area contributed by atoms with Gasteiger partial charge in [-0.3, -0.25) is 9.79 Å². The third-order valence-electron chi connectivity index (χ3n) is 4.87. The van der Waals surface area contributed by atoms with Gasteiger partial charge in [0, 0.05) is 45.1 Å². The zero-order chi connectivity index (χ0) is 16.8. The third-order valence-corrected chi connectivity index (χ3v) is 4.87. The molecule has 1 unspecified atom stereocenters. The second-order valence-electron chi connectivity index (χ2n) is 6.84. The quantitative estimate of drug-likeness (QED) is 0.403. The van der Waals surface area contributed by atoms with Gasteiger partial charge < -0.3 is 20.0 Å². The summed E-state index contributed by atoms with van der Waals surface area (Å²) in [5.74, 6) is 2.07. The van der Waals surface area contributed by atoms with Crippen LogP contribution >= 0.6 is 24.0 Å². The Bertz CT molecular complexity index is 555. The van der Waals surface area contributed by atoms with Crippen molar-refractivity contribution in [3.63, 3.8) is 0 Å². The Hall–Kier alpha value is -1.25. The van der Waals surface area contributed by atoms with E-state index in [2.05, 4.69) is 10.6 Å². The van der Waals surface area contributed by atoms with Crippen LogP contribution in [0.3, 0.4) is 0 Å². The molecule has 2 fully saturated rings. The number of carbonyl (C=O) groups is 1. The molecule has 0 aromatic carbocycles. The molecule has 3 rings (SSSR count). The molecule has 1 aromatic rings.